The molecular formula is C21H21N5O2. The quantitative estimate of drug-likeness (QED) is 0.709. The average molecular weight is 375 g/mol. The monoisotopic (exact) mass is 375 g/mol. The van der Waals surface area contributed by atoms with Gasteiger partial charge < -0.3 is 16.4 Å². The summed E-state index contributed by atoms with van der Waals surface area (Å²) in [5.74, 6) is -0.403. The number of nitrogens with zero attached hydrogens (tertiary/aromatic N) is 3. The number of carbonyl (C=O) groups excluding carboxylic acids is 2. The second-order valence-corrected chi connectivity index (χ2v) is 7.03. The molecule has 0 spiro atoms. The fourth-order valence-corrected chi connectivity index (χ4v) is 3.61. The van der Waals surface area contributed by atoms with Crippen LogP contribution in [0, 0.1) is 0 Å². The lowest BCUT2D eigenvalue weighted by Gasteiger charge is -2.16. The molecule has 3 aromatic rings. The van der Waals surface area contributed by atoms with E-state index in [2.05, 4.69) is 9.97 Å². The molecule has 0 bridgehead atoms. The number of benzene rings is 2. The van der Waals surface area contributed by atoms with E-state index in [1.807, 2.05) is 42.5 Å². The molecule has 0 aliphatic carbocycles. The minimum atomic E-state index is -0.318. The average Bonchev–Trinajstić information content (AvgIpc) is 3.11. The van der Waals surface area contributed by atoms with E-state index >= 15 is 0 Å². The van der Waals surface area contributed by atoms with Gasteiger partial charge in [-0.15, -0.1) is 0 Å². The largest absolute Gasteiger partial charge is 0.370 e. The molecule has 0 radical (unpaired) electrons. The summed E-state index contributed by atoms with van der Waals surface area (Å²) in [6, 6.07) is 13.7. The SMILES string of the molecule is NC(=O)CCCc1ccc2nc(N)nc(C(=O)N3Cc4ccccc4C3)c2c1. The second kappa shape index (κ2) is 7.26. The maximum atomic E-state index is 13.2. The molecule has 0 saturated carbocycles. The third-order valence-electron chi connectivity index (χ3n) is 5.00. The van der Waals surface area contributed by atoms with E-state index < -0.39 is 0 Å². The summed E-state index contributed by atoms with van der Waals surface area (Å²) in [6.07, 6.45) is 1.67. The Morgan fingerprint density at radius 3 is 2.43 bits per heavy atom. The standard InChI is InChI=1S/C21H21N5O2/c22-18(27)7-3-4-13-8-9-17-16(10-13)19(25-21(23)24-17)20(28)26-11-14-5-1-2-6-15(14)12-26/h1-2,5-6,8-10H,3-4,7,11-12H2,(H2,22,27)(H2,23,24,25). The van der Waals surface area contributed by atoms with Gasteiger partial charge in [0.2, 0.25) is 11.9 Å². The number of primary amides is 1. The van der Waals surface area contributed by atoms with Crippen molar-refractivity contribution >= 4 is 28.7 Å². The first kappa shape index (κ1) is 17.9. The molecule has 0 unspecified atom stereocenters. The summed E-state index contributed by atoms with van der Waals surface area (Å²) in [5, 5.41) is 0.673. The number of hydrogen-bond acceptors (Lipinski definition) is 5. The first-order chi connectivity index (χ1) is 13.5. The topological polar surface area (TPSA) is 115 Å². The van der Waals surface area contributed by atoms with Gasteiger partial charge in [0.1, 0.15) is 5.69 Å². The number of amides is 2. The molecule has 4 N–H and O–H groups in total. The maximum absolute atomic E-state index is 13.2. The highest BCUT2D eigenvalue weighted by atomic mass is 16.2. The summed E-state index contributed by atoms with van der Waals surface area (Å²) in [7, 11) is 0. The minimum Gasteiger partial charge on any atom is -0.370 e. The zero-order valence-electron chi connectivity index (χ0n) is 15.4. The van der Waals surface area contributed by atoms with Gasteiger partial charge in [0.05, 0.1) is 5.52 Å². The van der Waals surface area contributed by atoms with E-state index in [0.29, 0.717) is 48.9 Å². The Balaban J connectivity index is 1.65. The summed E-state index contributed by atoms with van der Waals surface area (Å²) < 4.78 is 0. The van der Waals surface area contributed by atoms with Gasteiger partial charge in [-0.3, -0.25) is 9.59 Å². The third-order valence-corrected chi connectivity index (χ3v) is 5.00. The van der Waals surface area contributed by atoms with Gasteiger partial charge in [-0.25, -0.2) is 9.97 Å². The molecular weight excluding hydrogens is 354 g/mol. The number of rotatable bonds is 5. The van der Waals surface area contributed by atoms with Crippen LogP contribution in [-0.4, -0.2) is 26.7 Å². The Labute approximate surface area is 162 Å². The van der Waals surface area contributed by atoms with Crippen molar-refractivity contribution in [3.05, 3.63) is 64.8 Å². The molecule has 7 nitrogen and oxygen atoms in total. The van der Waals surface area contributed by atoms with Gasteiger partial charge in [-0.1, -0.05) is 30.3 Å². The van der Waals surface area contributed by atoms with Gasteiger partial charge in [0, 0.05) is 24.9 Å². The van der Waals surface area contributed by atoms with Crippen molar-refractivity contribution in [2.24, 2.45) is 5.73 Å². The van der Waals surface area contributed by atoms with Crippen LogP contribution in [0.1, 0.15) is 40.0 Å². The molecule has 0 fully saturated rings. The predicted molar refractivity (Wildman–Crippen MR) is 106 cm³/mol. The molecule has 2 amide bonds. The van der Waals surface area contributed by atoms with Gasteiger partial charge in [-0.2, -0.15) is 0 Å². The molecule has 2 aromatic carbocycles. The van der Waals surface area contributed by atoms with Crippen LogP contribution in [0.2, 0.25) is 0 Å². The number of aromatic nitrogens is 2. The van der Waals surface area contributed by atoms with E-state index in [-0.39, 0.29) is 17.8 Å². The van der Waals surface area contributed by atoms with Crippen LogP contribution in [0.25, 0.3) is 10.9 Å². The first-order valence-corrected chi connectivity index (χ1v) is 9.22. The predicted octanol–water partition coefficient (Wildman–Crippen LogP) is 2.18. The van der Waals surface area contributed by atoms with E-state index in [1.54, 1.807) is 4.90 Å². The summed E-state index contributed by atoms with van der Waals surface area (Å²) >= 11 is 0. The van der Waals surface area contributed by atoms with Crippen molar-refractivity contribution in [3.63, 3.8) is 0 Å². The van der Waals surface area contributed by atoms with Crippen LogP contribution in [0.3, 0.4) is 0 Å². The van der Waals surface area contributed by atoms with Crippen molar-refractivity contribution in [2.45, 2.75) is 32.4 Å². The summed E-state index contributed by atoms with van der Waals surface area (Å²) in [5.41, 5.74) is 15.3. The lowest BCUT2D eigenvalue weighted by molar-refractivity contribution is -0.118. The van der Waals surface area contributed by atoms with Crippen LogP contribution in [0.5, 0.6) is 0 Å². The lowest BCUT2D eigenvalue weighted by atomic mass is 10.0. The van der Waals surface area contributed by atoms with Gasteiger partial charge in [0.15, 0.2) is 0 Å². The Morgan fingerprint density at radius 2 is 1.75 bits per heavy atom. The molecule has 0 saturated heterocycles. The number of aryl methyl sites for hydroxylation is 1. The Kier molecular flexibility index (Phi) is 4.65. The Bertz CT molecular complexity index is 1050. The Morgan fingerprint density at radius 1 is 1.04 bits per heavy atom. The number of anilines is 1. The fourth-order valence-electron chi connectivity index (χ4n) is 3.61. The highest BCUT2D eigenvalue weighted by Crippen LogP contribution is 2.26. The fraction of sp³-hybridized carbons (Fsp3) is 0.238. The number of nitrogen functional groups attached to an aromatic ring is 1. The number of fused-ring (bicyclic) bond motifs is 2. The minimum absolute atomic E-state index is 0.0778. The zero-order valence-corrected chi connectivity index (χ0v) is 15.4. The third kappa shape index (κ3) is 3.51. The van der Waals surface area contributed by atoms with E-state index in [9.17, 15) is 9.59 Å². The van der Waals surface area contributed by atoms with E-state index in [4.69, 9.17) is 11.5 Å². The maximum Gasteiger partial charge on any atom is 0.273 e. The van der Waals surface area contributed by atoms with E-state index in [0.717, 1.165) is 16.7 Å². The van der Waals surface area contributed by atoms with E-state index in [1.165, 1.54) is 0 Å². The van der Waals surface area contributed by atoms with Gasteiger partial charge >= 0.3 is 0 Å². The number of nitrogens with two attached hydrogens (primary N) is 2. The summed E-state index contributed by atoms with van der Waals surface area (Å²) in [6.45, 7) is 1.11. The van der Waals surface area contributed by atoms with Crippen molar-refractivity contribution in [3.8, 4) is 0 Å². The van der Waals surface area contributed by atoms with Crippen LogP contribution < -0.4 is 11.5 Å². The highest BCUT2D eigenvalue weighted by molar-refractivity contribution is 6.05. The summed E-state index contributed by atoms with van der Waals surface area (Å²) in [4.78, 5) is 34.5. The molecule has 28 heavy (non-hydrogen) atoms. The van der Waals surface area contributed by atoms with Crippen LogP contribution >= 0.6 is 0 Å². The van der Waals surface area contributed by atoms with Gasteiger partial charge in [-0.05, 0) is 41.7 Å². The molecule has 1 aromatic heterocycles. The van der Waals surface area contributed by atoms with Crippen LogP contribution in [0.15, 0.2) is 42.5 Å². The Hall–Kier alpha value is -3.48. The second-order valence-electron chi connectivity index (χ2n) is 7.03. The van der Waals surface area contributed by atoms with Crippen molar-refractivity contribution < 1.29 is 9.59 Å². The van der Waals surface area contributed by atoms with Crippen LogP contribution in [-0.2, 0) is 24.3 Å². The molecule has 1 aliphatic rings. The number of hydrogen-bond donors (Lipinski definition) is 2. The number of carbonyl (C=O) groups is 2. The first-order valence-electron chi connectivity index (χ1n) is 9.22. The van der Waals surface area contributed by atoms with Crippen molar-refractivity contribution in [1.29, 1.82) is 0 Å². The normalized spacial score (nSPS) is 12.9. The van der Waals surface area contributed by atoms with Gasteiger partial charge in [0.25, 0.3) is 5.91 Å². The van der Waals surface area contributed by atoms with Crippen molar-refractivity contribution in [1.82, 2.24) is 14.9 Å². The zero-order chi connectivity index (χ0) is 19.7. The lowest BCUT2D eigenvalue weighted by Crippen LogP contribution is -2.27. The molecule has 0 atom stereocenters. The molecule has 1 aliphatic heterocycles. The molecule has 142 valence electrons. The smallest absolute Gasteiger partial charge is 0.273 e. The molecule has 2 heterocycles. The van der Waals surface area contributed by atoms with Crippen molar-refractivity contribution in [2.75, 3.05) is 5.73 Å². The molecule has 7 heteroatoms. The highest BCUT2D eigenvalue weighted by Gasteiger charge is 2.26. The molecule has 4 rings (SSSR count). The van der Waals surface area contributed by atoms with Crippen LogP contribution in [0.4, 0.5) is 5.95 Å².